The molecule has 0 aromatic carbocycles. The lowest BCUT2D eigenvalue weighted by molar-refractivity contribution is -0.132. The van der Waals surface area contributed by atoms with Crippen molar-refractivity contribution >= 4 is 11.6 Å². The average Bonchev–Trinajstić information content (AvgIpc) is 2.70. The van der Waals surface area contributed by atoms with Crippen LogP contribution in [0.15, 0.2) is 45.9 Å². The maximum absolute atomic E-state index is 12.8. The number of carbonyl (C=O) groups is 2. The Labute approximate surface area is 183 Å². The summed E-state index contributed by atoms with van der Waals surface area (Å²) >= 11 is 0. The minimum atomic E-state index is -0.550. The van der Waals surface area contributed by atoms with Gasteiger partial charge >= 0.3 is 0 Å². The SMILES string of the molecule is CCCCCNC1=C(CCCCC)C(=O)C(=O)C(C/C=C(\C)CCC=C(C)C)=C1O. The van der Waals surface area contributed by atoms with E-state index in [1.54, 1.807) is 0 Å². The summed E-state index contributed by atoms with van der Waals surface area (Å²) in [5.41, 5.74) is 3.60. The van der Waals surface area contributed by atoms with Gasteiger partial charge in [0.2, 0.25) is 11.6 Å². The molecule has 0 saturated heterocycles. The van der Waals surface area contributed by atoms with E-state index in [0.717, 1.165) is 56.9 Å². The fourth-order valence-electron chi connectivity index (χ4n) is 3.51. The number of aliphatic hydroxyl groups excluding tert-OH is 1. The third-order valence-electron chi connectivity index (χ3n) is 5.44. The number of rotatable bonds is 14. The van der Waals surface area contributed by atoms with Gasteiger partial charge in [-0.25, -0.2) is 0 Å². The lowest BCUT2D eigenvalue weighted by Gasteiger charge is -2.22. The summed E-state index contributed by atoms with van der Waals surface area (Å²) in [5.74, 6) is -1.03. The van der Waals surface area contributed by atoms with Gasteiger partial charge in [-0.2, -0.15) is 0 Å². The highest BCUT2D eigenvalue weighted by molar-refractivity contribution is 6.50. The van der Waals surface area contributed by atoms with Crippen molar-refractivity contribution in [3.05, 3.63) is 45.9 Å². The van der Waals surface area contributed by atoms with E-state index in [9.17, 15) is 14.7 Å². The number of nitrogens with one attached hydrogen (secondary N) is 1. The molecule has 0 aromatic rings. The molecule has 0 amide bonds. The molecule has 0 atom stereocenters. The Balaban J connectivity index is 3.07. The maximum Gasteiger partial charge on any atom is 0.233 e. The second-order valence-electron chi connectivity index (χ2n) is 8.50. The fraction of sp³-hybridized carbons (Fsp3) is 0.615. The molecule has 0 unspecified atom stereocenters. The summed E-state index contributed by atoms with van der Waals surface area (Å²) in [5, 5.41) is 14.2. The van der Waals surface area contributed by atoms with E-state index >= 15 is 0 Å². The van der Waals surface area contributed by atoms with E-state index in [2.05, 4.69) is 39.1 Å². The molecule has 0 heterocycles. The average molecular weight is 416 g/mol. The number of carbonyl (C=O) groups excluding carboxylic acids is 2. The van der Waals surface area contributed by atoms with Gasteiger partial charge in [-0.1, -0.05) is 62.8 Å². The number of hydrogen-bond acceptors (Lipinski definition) is 4. The van der Waals surface area contributed by atoms with Gasteiger partial charge in [-0.3, -0.25) is 9.59 Å². The Bertz CT molecular complexity index is 719. The lowest BCUT2D eigenvalue weighted by Crippen LogP contribution is -2.32. The van der Waals surface area contributed by atoms with Crippen LogP contribution < -0.4 is 5.32 Å². The molecule has 4 heteroatoms. The fourth-order valence-corrected chi connectivity index (χ4v) is 3.51. The molecule has 1 aliphatic rings. The molecule has 0 fully saturated rings. The smallest absolute Gasteiger partial charge is 0.233 e. The van der Waals surface area contributed by atoms with Crippen LogP contribution in [-0.4, -0.2) is 23.2 Å². The van der Waals surface area contributed by atoms with Crippen LogP contribution in [0.5, 0.6) is 0 Å². The number of aliphatic hydroxyl groups is 1. The van der Waals surface area contributed by atoms with Crippen molar-refractivity contribution in [2.75, 3.05) is 6.54 Å². The van der Waals surface area contributed by atoms with Crippen molar-refractivity contribution in [3.63, 3.8) is 0 Å². The first kappa shape index (κ1) is 25.9. The van der Waals surface area contributed by atoms with Crippen molar-refractivity contribution < 1.29 is 14.7 Å². The van der Waals surface area contributed by atoms with Crippen LogP contribution in [0.3, 0.4) is 0 Å². The molecule has 30 heavy (non-hydrogen) atoms. The molecule has 0 saturated carbocycles. The van der Waals surface area contributed by atoms with Crippen LogP contribution >= 0.6 is 0 Å². The van der Waals surface area contributed by atoms with E-state index in [0.29, 0.717) is 30.7 Å². The number of unbranched alkanes of at least 4 members (excludes halogenated alkanes) is 4. The molecule has 0 radical (unpaired) electrons. The summed E-state index contributed by atoms with van der Waals surface area (Å²) < 4.78 is 0. The van der Waals surface area contributed by atoms with Gasteiger partial charge in [0.15, 0.2) is 0 Å². The largest absolute Gasteiger partial charge is 0.505 e. The highest BCUT2D eigenvalue weighted by Crippen LogP contribution is 2.29. The van der Waals surface area contributed by atoms with Gasteiger partial charge in [0.1, 0.15) is 5.76 Å². The minimum absolute atomic E-state index is 0.0315. The van der Waals surface area contributed by atoms with Crippen LogP contribution in [0, 0.1) is 0 Å². The van der Waals surface area contributed by atoms with Gasteiger partial charge in [0.25, 0.3) is 0 Å². The molecule has 168 valence electrons. The summed E-state index contributed by atoms with van der Waals surface area (Å²) in [6.45, 7) is 11.1. The van der Waals surface area contributed by atoms with Crippen molar-refractivity contribution in [2.45, 2.75) is 98.8 Å². The van der Waals surface area contributed by atoms with Crippen LogP contribution in [0.2, 0.25) is 0 Å². The van der Waals surface area contributed by atoms with Crippen LogP contribution in [0.1, 0.15) is 98.8 Å². The molecule has 1 aliphatic carbocycles. The van der Waals surface area contributed by atoms with E-state index in [-0.39, 0.29) is 11.3 Å². The summed E-state index contributed by atoms with van der Waals surface area (Å²) in [7, 11) is 0. The number of hydrogen-bond donors (Lipinski definition) is 2. The van der Waals surface area contributed by atoms with Gasteiger partial charge < -0.3 is 10.4 Å². The van der Waals surface area contributed by atoms with E-state index in [4.69, 9.17) is 0 Å². The predicted octanol–water partition coefficient (Wildman–Crippen LogP) is 6.65. The zero-order chi connectivity index (χ0) is 22.5. The Morgan fingerprint density at radius 1 is 0.900 bits per heavy atom. The molecule has 1 rings (SSSR count). The van der Waals surface area contributed by atoms with Crippen LogP contribution in [-0.2, 0) is 9.59 Å². The molecule has 0 aromatic heterocycles. The molecule has 0 bridgehead atoms. The summed E-state index contributed by atoms with van der Waals surface area (Å²) in [6.07, 6.45) is 12.9. The third kappa shape index (κ3) is 8.33. The molecular formula is C26H41NO3. The Hall–Kier alpha value is -2.10. The monoisotopic (exact) mass is 415 g/mol. The highest BCUT2D eigenvalue weighted by atomic mass is 16.3. The van der Waals surface area contributed by atoms with Gasteiger partial charge in [0, 0.05) is 12.1 Å². The second-order valence-corrected chi connectivity index (χ2v) is 8.50. The Morgan fingerprint density at radius 2 is 1.53 bits per heavy atom. The molecular weight excluding hydrogens is 374 g/mol. The number of allylic oxidation sites excluding steroid dienone is 6. The highest BCUT2D eigenvalue weighted by Gasteiger charge is 2.34. The van der Waals surface area contributed by atoms with Gasteiger partial charge in [-0.15, -0.1) is 0 Å². The lowest BCUT2D eigenvalue weighted by atomic mass is 9.87. The second kappa shape index (κ2) is 14.0. The summed E-state index contributed by atoms with van der Waals surface area (Å²) in [4.78, 5) is 25.6. The quantitative estimate of drug-likeness (QED) is 0.144. The zero-order valence-electron chi connectivity index (χ0n) is 19.7. The van der Waals surface area contributed by atoms with Crippen molar-refractivity contribution in [1.29, 1.82) is 0 Å². The molecule has 2 N–H and O–H groups in total. The first-order valence-electron chi connectivity index (χ1n) is 11.6. The number of Topliss-reactive ketones (excluding diaryl/α,β-unsaturated/α-hetero) is 2. The maximum atomic E-state index is 12.8. The van der Waals surface area contributed by atoms with Crippen molar-refractivity contribution in [2.24, 2.45) is 0 Å². The Kier molecular flexibility index (Phi) is 12.1. The summed E-state index contributed by atoms with van der Waals surface area (Å²) in [6, 6.07) is 0. The molecule has 0 spiro atoms. The number of ketones is 2. The normalized spacial score (nSPS) is 15.2. The van der Waals surface area contributed by atoms with Crippen LogP contribution in [0.25, 0.3) is 0 Å². The standard InChI is InChI=1S/C26H41NO3/c1-6-8-10-15-21-23(27-18-11-9-7-2)24(28)22(26(30)25(21)29)17-16-20(5)14-12-13-19(3)4/h13,16,27-28H,6-12,14-15,17-18H2,1-5H3/b20-16+. The first-order chi connectivity index (χ1) is 14.3. The van der Waals surface area contributed by atoms with Gasteiger partial charge in [-0.05, 0) is 59.3 Å². The van der Waals surface area contributed by atoms with Crippen molar-refractivity contribution in [3.8, 4) is 0 Å². The van der Waals surface area contributed by atoms with E-state index in [1.807, 2.05) is 13.0 Å². The minimum Gasteiger partial charge on any atom is -0.505 e. The van der Waals surface area contributed by atoms with E-state index in [1.165, 1.54) is 5.57 Å². The Morgan fingerprint density at radius 3 is 2.17 bits per heavy atom. The van der Waals surface area contributed by atoms with E-state index < -0.39 is 11.6 Å². The third-order valence-corrected chi connectivity index (χ3v) is 5.44. The first-order valence-corrected chi connectivity index (χ1v) is 11.6. The molecule has 0 aliphatic heterocycles. The zero-order valence-corrected chi connectivity index (χ0v) is 19.7. The molecule has 4 nitrogen and oxygen atoms in total. The van der Waals surface area contributed by atoms with Crippen molar-refractivity contribution in [1.82, 2.24) is 5.32 Å². The van der Waals surface area contributed by atoms with Gasteiger partial charge in [0.05, 0.1) is 11.3 Å². The topological polar surface area (TPSA) is 66.4 Å². The predicted molar refractivity (Wildman–Crippen MR) is 125 cm³/mol. The van der Waals surface area contributed by atoms with Crippen LogP contribution in [0.4, 0.5) is 0 Å².